The van der Waals surface area contributed by atoms with Crippen molar-refractivity contribution in [2.45, 2.75) is 37.0 Å². The lowest BCUT2D eigenvalue weighted by Gasteiger charge is -2.32. The van der Waals surface area contributed by atoms with Gasteiger partial charge in [-0.3, -0.25) is 4.84 Å². The number of benzene rings is 2. The van der Waals surface area contributed by atoms with E-state index in [0.717, 1.165) is 11.1 Å². The van der Waals surface area contributed by atoms with E-state index in [4.69, 9.17) is 9.57 Å². The van der Waals surface area contributed by atoms with Crippen molar-refractivity contribution in [3.63, 3.8) is 0 Å². The molecule has 0 spiro atoms. The van der Waals surface area contributed by atoms with Gasteiger partial charge in [0.1, 0.15) is 17.8 Å². The summed E-state index contributed by atoms with van der Waals surface area (Å²) >= 11 is 0. The summed E-state index contributed by atoms with van der Waals surface area (Å²) in [5.74, 6) is -0.429. The molecule has 2 aliphatic rings. The minimum Gasteiger partial charge on any atom is -0.393 e. The second kappa shape index (κ2) is 7.67. The lowest BCUT2D eigenvalue weighted by molar-refractivity contribution is -0.198. The zero-order valence-electron chi connectivity index (χ0n) is 15.0. The van der Waals surface area contributed by atoms with E-state index >= 15 is 0 Å². The standard InChI is InChI=1S/C21H25NO5/c23-14-21(25)17-13-27-22(11-15-7-3-1-4-8-15)18(17)19(24)20(21)26-12-16-9-5-2-6-10-16/h1-10,17-20,23-25H,11-14H2/t17-,18+,19+,20-,21-/m1/s1. The van der Waals surface area contributed by atoms with Gasteiger partial charge in [0, 0.05) is 12.5 Å². The molecule has 0 aromatic heterocycles. The van der Waals surface area contributed by atoms with Crippen molar-refractivity contribution >= 4 is 0 Å². The van der Waals surface area contributed by atoms with Crippen LogP contribution in [0.15, 0.2) is 60.7 Å². The molecule has 3 N–H and O–H groups in total. The largest absolute Gasteiger partial charge is 0.393 e. The first-order valence-electron chi connectivity index (χ1n) is 9.24. The van der Waals surface area contributed by atoms with Crippen LogP contribution in [-0.4, -0.2) is 57.4 Å². The van der Waals surface area contributed by atoms with Gasteiger partial charge in [-0.05, 0) is 11.1 Å². The van der Waals surface area contributed by atoms with Gasteiger partial charge in [0.2, 0.25) is 0 Å². The molecule has 2 aromatic rings. The highest BCUT2D eigenvalue weighted by Crippen LogP contribution is 2.45. The van der Waals surface area contributed by atoms with Crippen LogP contribution in [0.3, 0.4) is 0 Å². The molecule has 1 aliphatic heterocycles. The Bertz CT molecular complexity index is 741. The third-order valence-corrected chi connectivity index (χ3v) is 5.67. The Morgan fingerprint density at radius 2 is 1.67 bits per heavy atom. The third kappa shape index (κ3) is 3.40. The number of rotatable bonds is 6. The average Bonchev–Trinajstić information content (AvgIpc) is 3.21. The molecule has 0 bridgehead atoms. The minimum absolute atomic E-state index is 0.233. The molecule has 6 heteroatoms. The second-order valence-corrected chi connectivity index (χ2v) is 7.31. The van der Waals surface area contributed by atoms with Crippen molar-refractivity contribution in [2.24, 2.45) is 5.92 Å². The maximum Gasteiger partial charge on any atom is 0.123 e. The zero-order chi connectivity index (χ0) is 18.9. The number of hydrogen-bond donors (Lipinski definition) is 3. The van der Waals surface area contributed by atoms with Gasteiger partial charge >= 0.3 is 0 Å². The molecular weight excluding hydrogens is 346 g/mol. The van der Waals surface area contributed by atoms with Gasteiger partial charge in [0.15, 0.2) is 0 Å². The van der Waals surface area contributed by atoms with E-state index in [1.54, 1.807) is 5.06 Å². The Hall–Kier alpha value is -1.80. The van der Waals surface area contributed by atoms with Crippen LogP contribution in [0, 0.1) is 5.92 Å². The molecule has 2 aromatic carbocycles. The Kier molecular flexibility index (Phi) is 5.27. The molecule has 144 valence electrons. The molecule has 1 saturated carbocycles. The van der Waals surface area contributed by atoms with E-state index in [-0.39, 0.29) is 13.2 Å². The normalized spacial score (nSPS) is 33.3. The van der Waals surface area contributed by atoms with Crippen LogP contribution in [-0.2, 0) is 22.7 Å². The lowest BCUT2D eigenvalue weighted by Crippen LogP contribution is -2.51. The maximum absolute atomic E-state index is 11.1. The van der Waals surface area contributed by atoms with Crippen molar-refractivity contribution < 1.29 is 24.9 Å². The highest BCUT2D eigenvalue weighted by atomic mass is 16.7. The fraction of sp³-hybridized carbons (Fsp3) is 0.429. The van der Waals surface area contributed by atoms with E-state index in [1.165, 1.54) is 0 Å². The van der Waals surface area contributed by atoms with E-state index in [2.05, 4.69) is 0 Å². The molecule has 4 rings (SSSR count). The van der Waals surface area contributed by atoms with Crippen LogP contribution in [0.25, 0.3) is 0 Å². The number of nitrogens with zero attached hydrogens (tertiary/aromatic N) is 1. The Morgan fingerprint density at radius 3 is 2.30 bits per heavy atom. The van der Waals surface area contributed by atoms with E-state index in [0.29, 0.717) is 6.54 Å². The summed E-state index contributed by atoms with van der Waals surface area (Å²) in [5, 5.41) is 33.7. The maximum atomic E-state index is 11.1. The SMILES string of the molecule is OC[C@@]1(O)[C@@H]2CON(Cc3ccccc3)[C@@H]2[C@H](O)[C@H]1OCc1ccccc1. The number of aliphatic hydroxyl groups excluding tert-OH is 2. The number of hydrogen-bond acceptors (Lipinski definition) is 6. The number of fused-ring (bicyclic) bond motifs is 1. The molecule has 1 heterocycles. The van der Waals surface area contributed by atoms with Gasteiger partial charge in [-0.1, -0.05) is 60.7 Å². The van der Waals surface area contributed by atoms with Crippen LogP contribution < -0.4 is 0 Å². The van der Waals surface area contributed by atoms with Crippen LogP contribution >= 0.6 is 0 Å². The first kappa shape index (κ1) is 18.6. The lowest BCUT2D eigenvalue weighted by atomic mass is 9.89. The summed E-state index contributed by atoms with van der Waals surface area (Å²) in [4.78, 5) is 5.75. The summed E-state index contributed by atoms with van der Waals surface area (Å²) < 4.78 is 5.90. The first-order chi connectivity index (χ1) is 13.1. The molecule has 1 aliphatic carbocycles. The summed E-state index contributed by atoms with van der Waals surface area (Å²) in [6.45, 7) is 0.486. The number of ether oxygens (including phenoxy) is 1. The molecule has 5 atom stereocenters. The smallest absolute Gasteiger partial charge is 0.123 e. The van der Waals surface area contributed by atoms with Crippen LogP contribution in [0.5, 0.6) is 0 Å². The van der Waals surface area contributed by atoms with Crippen molar-refractivity contribution in [1.82, 2.24) is 5.06 Å². The Labute approximate surface area is 158 Å². The highest BCUT2D eigenvalue weighted by Gasteiger charge is 2.64. The monoisotopic (exact) mass is 371 g/mol. The topological polar surface area (TPSA) is 82.4 Å². The van der Waals surface area contributed by atoms with E-state index < -0.39 is 36.4 Å². The molecule has 0 amide bonds. The zero-order valence-corrected chi connectivity index (χ0v) is 15.0. The molecule has 1 saturated heterocycles. The van der Waals surface area contributed by atoms with Crippen LogP contribution in [0.4, 0.5) is 0 Å². The summed E-state index contributed by atoms with van der Waals surface area (Å²) in [6, 6.07) is 18.9. The van der Waals surface area contributed by atoms with Crippen molar-refractivity contribution in [3.05, 3.63) is 71.8 Å². The van der Waals surface area contributed by atoms with E-state index in [9.17, 15) is 15.3 Å². The Morgan fingerprint density at radius 1 is 1.04 bits per heavy atom. The summed E-state index contributed by atoms with van der Waals surface area (Å²) in [5.41, 5.74) is 0.440. The van der Waals surface area contributed by atoms with Crippen molar-refractivity contribution in [2.75, 3.05) is 13.2 Å². The predicted octanol–water partition coefficient (Wildman–Crippen LogP) is 1.10. The molecule has 0 radical (unpaired) electrons. The predicted molar refractivity (Wildman–Crippen MR) is 98.3 cm³/mol. The number of hydroxylamine groups is 2. The third-order valence-electron chi connectivity index (χ3n) is 5.67. The number of aliphatic hydroxyl groups is 3. The van der Waals surface area contributed by atoms with Gasteiger partial charge in [-0.15, -0.1) is 0 Å². The first-order valence-corrected chi connectivity index (χ1v) is 9.24. The summed E-state index contributed by atoms with van der Waals surface area (Å²) in [6.07, 6.45) is -1.86. The average molecular weight is 371 g/mol. The second-order valence-electron chi connectivity index (χ2n) is 7.31. The Balaban J connectivity index is 1.52. The van der Waals surface area contributed by atoms with Crippen molar-refractivity contribution in [1.29, 1.82) is 0 Å². The van der Waals surface area contributed by atoms with Gasteiger partial charge in [0.05, 0.1) is 25.9 Å². The molecule has 0 unspecified atom stereocenters. The quantitative estimate of drug-likeness (QED) is 0.706. The van der Waals surface area contributed by atoms with Crippen molar-refractivity contribution in [3.8, 4) is 0 Å². The van der Waals surface area contributed by atoms with Gasteiger partial charge < -0.3 is 20.1 Å². The van der Waals surface area contributed by atoms with Crippen LogP contribution in [0.2, 0.25) is 0 Å². The highest BCUT2D eigenvalue weighted by molar-refractivity contribution is 5.18. The van der Waals surface area contributed by atoms with E-state index in [1.807, 2.05) is 60.7 Å². The molecule has 6 nitrogen and oxygen atoms in total. The fourth-order valence-electron chi connectivity index (χ4n) is 4.22. The molecule has 2 fully saturated rings. The minimum atomic E-state index is -1.55. The fourth-order valence-corrected chi connectivity index (χ4v) is 4.22. The van der Waals surface area contributed by atoms with Crippen LogP contribution in [0.1, 0.15) is 11.1 Å². The van der Waals surface area contributed by atoms with Gasteiger partial charge in [-0.25, -0.2) is 0 Å². The van der Waals surface area contributed by atoms with Gasteiger partial charge in [0.25, 0.3) is 0 Å². The van der Waals surface area contributed by atoms with Gasteiger partial charge in [-0.2, -0.15) is 5.06 Å². The summed E-state index contributed by atoms with van der Waals surface area (Å²) in [7, 11) is 0. The molecular formula is C21H25NO5. The molecule has 27 heavy (non-hydrogen) atoms.